The number of aliphatic hydroxyl groups excluding tert-OH is 1. The number of phenolic OH excluding ortho intramolecular Hbond substituents is 1. The minimum Gasteiger partial charge on any atom is -0.508 e. The summed E-state index contributed by atoms with van der Waals surface area (Å²) in [4.78, 5) is 24.4. The number of ether oxygens (including phenoxy) is 3. The van der Waals surface area contributed by atoms with Crippen molar-refractivity contribution in [2.75, 3.05) is 19.5 Å². The van der Waals surface area contributed by atoms with Gasteiger partial charge in [-0.3, -0.25) is 4.79 Å². The number of phenols is 1. The van der Waals surface area contributed by atoms with Crippen LogP contribution in [0.1, 0.15) is 39.7 Å². The van der Waals surface area contributed by atoms with E-state index in [1.54, 1.807) is 57.4 Å². The number of primary amides is 1. The topological polar surface area (TPSA) is 140 Å². The van der Waals surface area contributed by atoms with Gasteiger partial charge in [-0.1, -0.05) is 38.2 Å². The minimum absolute atomic E-state index is 0.0467. The number of aromatic hydroxyl groups is 1. The maximum absolute atomic E-state index is 12.7. The molecule has 9 heteroatoms. The van der Waals surface area contributed by atoms with Crippen molar-refractivity contribution in [2.45, 2.75) is 65.0 Å². The second-order valence-electron chi connectivity index (χ2n) is 9.67. The van der Waals surface area contributed by atoms with Crippen molar-refractivity contribution < 1.29 is 34.0 Å². The summed E-state index contributed by atoms with van der Waals surface area (Å²) >= 11 is 0. The van der Waals surface area contributed by atoms with Crippen LogP contribution in [0.25, 0.3) is 0 Å². The van der Waals surface area contributed by atoms with Gasteiger partial charge in [0, 0.05) is 31.4 Å². The lowest BCUT2D eigenvalue weighted by molar-refractivity contribution is -0.112. The van der Waals surface area contributed by atoms with Crippen LogP contribution in [0.5, 0.6) is 5.75 Å². The number of methoxy groups -OCH3 is 2. The lowest BCUT2D eigenvalue weighted by atomic mass is 9.88. The molecule has 0 saturated carbocycles. The second-order valence-corrected chi connectivity index (χ2v) is 9.67. The molecule has 204 valence electrons. The number of carbonyl (C=O) groups is 2. The van der Waals surface area contributed by atoms with Crippen molar-refractivity contribution in [3.05, 3.63) is 59.2 Å². The number of aliphatic hydroxyl groups is 1. The van der Waals surface area contributed by atoms with Crippen molar-refractivity contribution in [3.63, 3.8) is 0 Å². The Labute approximate surface area is 219 Å². The molecule has 2 amide bonds. The normalized spacial score (nSPS) is 28.1. The number of anilines is 1. The van der Waals surface area contributed by atoms with E-state index in [4.69, 9.17) is 19.9 Å². The summed E-state index contributed by atoms with van der Waals surface area (Å²) in [6.07, 6.45) is 3.95. The molecule has 0 radical (unpaired) electrons. The smallest absolute Gasteiger partial charge is 0.405 e. The molecular weight excluding hydrogens is 476 g/mol. The minimum atomic E-state index is -0.959. The summed E-state index contributed by atoms with van der Waals surface area (Å²) in [6.45, 7) is 7.30. The monoisotopic (exact) mass is 516 g/mol. The average molecular weight is 517 g/mol. The van der Waals surface area contributed by atoms with Gasteiger partial charge in [-0.15, -0.1) is 0 Å². The van der Waals surface area contributed by atoms with Crippen LogP contribution >= 0.6 is 0 Å². The summed E-state index contributed by atoms with van der Waals surface area (Å²) in [5.41, 5.74) is 7.65. The molecular formula is C28H40N2O7. The summed E-state index contributed by atoms with van der Waals surface area (Å²) in [7, 11) is 3.02. The third-order valence-corrected chi connectivity index (χ3v) is 6.56. The molecule has 2 rings (SSSR count). The van der Waals surface area contributed by atoms with Gasteiger partial charge in [0.15, 0.2) is 6.10 Å². The van der Waals surface area contributed by atoms with Crippen LogP contribution in [0.4, 0.5) is 10.5 Å². The molecule has 1 aromatic carbocycles. The van der Waals surface area contributed by atoms with Crippen LogP contribution in [0.3, 0.4) is 0 Å². The molecule has 9 nitrogen and oxygen atoms in total. The maximum atomic E-state index is 12.7. The van der Waals surface area contributed by atoms with Gasteiger partial charge in [0.1, 0.15) is 11.9 Å². The first-order valence-electron chi connectivity index (χ1n) is 12.3. The van der Waals surface area contributed by atoms with E-state index in [1.807, 2.05) is 19.9 Å². The van der Waals surface area contributed by atoms with Gasteiger partial charge in [-0.25, -0.2) is 4.79 Å². The molecule has 0 saturated heterocycles. The van der Waals surface area contributed by atoms with Gasteiger partial charge < -0.3 is 35.5 Å². The van der Waals surface area contributed by atoms with Crippen LogP contribution in [-0.4, -0.2) is 60.8 Å². The number of hydrogen-bond donors (Lipinski definition) is 4. The van der Waals surface area contributed by atoms with E-state index in [0.29, 0.717) is 35.2 Å². The Hall–Kier alpha value is -3.14. The third kappa shape index (κ3) is 8.73. The van der Waals surface area contributed by atoms with E-state index in [2.05, 4.69) is 5.32 Å². The predicted octanol–water partition coefficient (Wildman–Crippen LogP) is 3.85. The Bertz CT molecular complexity index is 1030. The molecule has 2 bridgehead atoms. The van der Waals surface area contributed by atoms with Gasteiger partial charge in [-0.2, -0.15) is 0 Å². The van der Waals surface area contributed by atoms with Crippen molar-refractivity contribution in [2.24, 2.45) is 17.6 Å². The van der Waals surface area contributed by atoms with E-state index >= 15 is 0 Å². The first kappa shape index (κ1) is 30.1. The molecule has 5 N–H and O–H groups in total. The maximum Gasteiger partial charge on any atom is 0.405 e. The largest absolute Gasteiger partial charge is 0.508 e. The number of amides is 2. The molecule has 0 aliphatic carbocycles. The fraction of sp³-hybridized carbons (Fsp3) is 0.500. The second kappa shape index (κ2) is 14.0. The van der Waals surface area contributed by atoms with Crippen LogP contribution in [-0.2, 0) is 25.4 Å². The van der Waals surface area contributed by atoms with E-state index < -0.39 is 30.5 Å². The highest BCUT2D eigenvalue weighted by Gasteiger charge is 2.29. The molecule has 0 fully saturated rings. The first-order chi connectivity index (χ1) is 17.5. The fourth-order valence-electron chi connectivity index (χ4n) is 4.47. The zero-order chi connectivity index (χ0) is 27.7. The third-order valence-electron chi connectivity index (χ3n) is 6.56. The van der Waals surface area contributed by atoms with Crippen LogP contribution < -0.4 is 11.1 Å². The van der Waals surface area contributed by atoms with Gasteiger partial charge in [0.05, 0.1) is 12.2 Å². The Morgan fingerprint density at radius 1 is 1.16 bits per heavy atom. The predicted molar refractivity (Wildman–Crippen MR) is 142 cm³/mol. The highest BCUT2D eigenvalue weighted by molar-refractivity contribution is 6.03. The molecule has 1 heterocycles. The molecule has 0 aromatic heterocycles. The highest BCUT2D eigenvalue weighted by Crippen LogP contribution is 2.28. The standard InChI is InChI=1S/C28H40N2O7/c1-16-12-20-15-21(10-11-22(20)31)30-27(33)17(2)8-7-9-23(35-5)26(37-28(29)34)19(4)14-18(3)25(32)24(13-16)36-6/h7-11,14-16,18,23-26,31-32H,12-13H2,1-6H3,(H2,29,34)(H,30,33). The lowest BCUT2D eigenvalue weighted by Gasteiger charge is -2.29. The van der Waals surface area contributed by atoms with Crippen molar-refractivity contribution in [1.82, 2.24) is 0 Å². The van der Waals surface area contributed by atoms with E-state index in [1.165, 1.54) is 7.11 Å². The van der Waals surface area contributed by atoms with Crippen LogP contribution in [0.15, 0.2) is 53.6 Å². The Kier molecular flexibility index (Phi) is 11.4. The van der Waals surface area contributed by atoms with Gasteiger partial charge in [0.25, 0.3) is 5.91 Å². The summed E-state index contributed by atoms with van der Waals surface area (Å²) < 4.78 is 16.5. The number of allylic oxidation sites excluding steroid dienone is 2. The van der Waals surface area contributed by atoms with Crippen molar-refractivity contribution in [1.29, 1.82) is 0 Å². The molecule has 1 aliphatic heterocycles. The number of nitrogens with two attached hydrogens (primary N) is 1. The Morgan fingerprint density at radius 2 is 1.86 bits per heavy atom. The van der Waals surface area contributed by atoms with Gasteiger partial charge >= 0.3 is 6.09 Å². The molecule has 1 aliphatic rings. The lowest BCUT2D eigenvalue weighted by Crippen LogP contribution is -2.37. The van der Waals surface area contributed by atoms with Gasteiger partial charge in [-0.05, 0) is 61.9 Å². The van der Waals surface area contributed by atoms with Crippen LogP contribution in [0, 0.1) is 11.8 Å². The van der Waals surface area contributed by atoms with Crippen molar-refractivity contribution >= 4 is 17.7 Å². The Morgan fingerprint density at radius 3 is 2.49 bits per heavy atom. The van der Waals surface area contributed by atoms with E-state index in [0.717, 1.165) is 0 Å². The number of carbonyl (C=O) groups excluding carboxylic acids is 2. The summed E-state index contributed by atoms with van der Waals surface area (Å²) in [5.74, 6) is -0.469. The number of benzene rings is 1. The van der Waals surface area contributed by atoms with E-state index in [-0.39, 0.29) is 23.5 Å². The van der Waals surface area contributed by atoms with Gasteiger partial charge in [0.2, 0.25) is 0 Å². The molecule has 0 spiro atoms. The molecule has 6 atom stereocenters. The first-order valence-corrected chi connectivity index (χ1v) is 12.3. The Balaban J connectivity index is 2.53. The number of hydrogen-bond acceptors (Lipinski definition) is 7. The zero-order valence-corrected chi connectivity index (χ0v) is 22.4. The fourth-order valence-corrected chi connectivity index (χ4v) is 4.47. The quantitative estimate of drug-likeness (QED) is 0.353. The zero-order valence-electron chi connectivity index (χ0n) is 22.4. The highest BCUT2D eigenvalue weighted by atomic mass is 16.6. The number of rotatable bonds is 3. The molecule has 6 unspecified atom stereocenters. The SMILES string of the molecule is COC1C=CC=C(C)C(=O)Nc2ccc(O)c(c2)CC(C)CC(OC)C(O)C(C)C=C(C)C1OC(N)=O. The van der Waals surface area contributed by atoms with Crippen molar-refractivity contribution in [3.8, 4) is 5.75 Å². The van der Waals surface area contributed by atoms with E-state index in [9.17, 15) is 19.8 Å². The summed E-state index contributed by atoms with van der Waals surface area (Å²) in [5, 5.41) is 24.3. The summed E-state index contributed by atoms with van der Waals surface area (Å²) in [6, 6.07) is 4.94. The molecule has 37 heavy (non-hydrogen) atoms. The average Bonchev–Trinajstić information content (AvgIpc) is 2.84. The number of fused-ring (bicyclic) bond motifs is 2. The van der Waals surface area contributed by atoms with Crippen LogP contribution in [0.2, 0.25) is 0 Å². The number of nitrogens with one attached hydrogen (secondary N) is 1. The molecule has 1 aromatic rings.